The molecule has 1 aromatic carbocycles. The Kier molecular flexibility index (Phi) is 5.87. The zero-order valence-electron chi connectivity index (χ0n) is 18.8. The Labute approximate surface area is 196 Å². The summed E-state index contributed by atoms with van der Waals surface area (Å²) >= 11 is 0. The molecule has 5 rings (SSSR count). The highest BCUT2D eigenvalue weighted by Gasteiger charge is 2.60. The van der Waals surface area contributed by atoms with E-state index in [2.05, 4.69) is 41.1 Å². The molecule has 32 heavy (non-hydrogen) atoms. The van der Waals surface area contributed by atoms with E-state index in [1.165, 1.54) is 11.1 Å². The Morgan fingerprint density at radius 3 is 2.53 bits per heavy atom. The molecular formula is C26H29ClN4O. The number of aliphatic imine (C=N–C) groups is 2. The lowest BCUT2D eigenvalue weighted by molar-refractivity contribution is -0.000372. The first-order valence-electron chi connectivity index (χ1n) is 11.0. The lowest BCUT2D eigenvalue weighted by Gasteiger charge is -2.44. The lowest BCUT2D eigenvalue weighted by Crippen LogP contribution is -2.43. The van der Waals surface area contributed by atoms with Crippen molar-refractivity contribution in [1.29, 1.82) is 0 Å². The molecule has 3 aliphatic rings. The summed E-state index contributed by atoms with van der Waals surface area (Å²) in [6.07, 6.45) is 9.13. The van der Waals surface area contributed by atoms with Gasteiger partial charge in [0.25, 0.3) is 0 Å². The van der Waals surface area contributed by atoms with Gasteiger partial charge in [0, 0.05) is 41.6 Å². The number of halogens is 1. The Bertz CT molecular complexity index is 1150. The third-order valence-electron chi connectivity index (χ3n) is 7.30. The van der Waals surface area contributed by atoms with Crippen LogP contribution >= 0.6 is 12.4 Å². The van der Waals surface area contributed by atoms with Gasteiger partial charge in [0.15, 0.2) is 5.66 Å². The lowest BCUT2D eigenvalue weighted by atomic mass is 9.65. The molecular weight excluding hydrogens is 420 g/mol. The van der Waals surface area contributed by atoms with Crippen molar-refractivity contribution >= 4 is 24.0 Å². The molecule has 1 aliphatic heterocycles. The topological polar surface area (TPSA) is 72.9 Å². The molecule has 1 atom stereocenters. The Balaban J connectivity index is 0.00000245. The minimum Gasteiger partial charge on any atom is -0.382 e. The summed E-state index contributed by atoms with van der Waals surface area (Å²) in [7, 11) is 1.81. The van der Waals surface area contributed by atoms with Crippen molar-refractivity contribution < 1.29 is 4.74 Å². The van der Waals surface area contributed by atoms with Crippen LogP contribution in [0, 0.1) is 17.3 Å². The second-order valence-electron chi connectivity index (χ2n) is 8.97. The predicted octanol–water partition coefficient (Wildman–Crippen LogP) is 4.66. The van der Waals surface area contributed by atoms with Gasteiger partial charge in [-0.2, -0.15) is 0 Å². The van der Waals surface area contributed by atoms with Crippen LogP contribution in [0.2, 0.25) is 0 Å². The van der Waals surface area contributed by atoms with Gasteiger partial charge in [-0.25, -0.2) is 4.99 Å². The molecule has 5 nitrogen and oxygen atoms in total. The smallest absolute Gasteiger partial charge is 0.184 e. The number of nitrogens with zero attached hydrogens (tertiary/aromatic N) is 3. The van der Waals surface area contributed by atoms with Crippen molar-refractivity contribution in [3.63, 3.8) is 0 Å². The van der Waals surface area contributed by atoms with Gasteiger partial charge >= 0.3 is 0 Å². The summed E-state index contributed by atoms with van der Waals surface area (Å²) in [5.74, 6) is 6.62. The Morgan fingerprint density at radius 1 is 1.09 bits per heavy atom. The van der Waals surface area contributed by atoms with Gasteiger partial charge in [-0.1, -0.05) is 18.1 Å². The minimum atomic E-state index is -0.626. The molecule has 1 aromatic heterocycles. The van der Waals surface area contributed by atoms with E-state index in [-0.39, 0.29) is 17.8 Å². The highest BCUT2D eigenvalue weighted by molar-refractivity contribution is 6.41. The molecule has 1 fully saturated rings. The zero-order chi connectivity index (χ0) is 21.6. The maximum Gasteiger partial charge on any atom is 0.184 e. The van der Waals surface area contributed by atoms with Gasteiger partial charge in [0.05, 0.1) is 11.8 Å². The molecule has 2 aromatic rings. The van der Waals surface area contributed by atoms with Crippen molar-refractivity contribution in [2.75, 3.05) is 7.11 Å². The van der Waals surface area contributed by atoms with E-state index in [0.29, 0.717) is 11.9 Å². The van der Waals surface area contributed by atoms with Crippen LogP contribution in [0.25, 0.3) is 11.1 Å². The molecule has 0 saturated heterocycles. The van der Waals surface area contributed by atoms with Crippen molar-refractivity contribution in [3.05, 3.63) is 53.3 Å². The van der Waals surface area contributed by atoms with Crippen LogP contribution in [0.4, 0.5) is 0 Å². The number of amidine groups is 1. The van der Waals surface area contributed by atoms with E-state index in [4.69, 9.17) is 20.5 Å². The molecule has 0 radical (unpaired) electrons. The highest BCUT2D eigenvalue weighted by Crippen LogP contribution is 2.62. The van der Waals surface area contributed by atoms with E-state index in [9.17, 15) is 0 Å². The van der Waals surface area contributed by atoms with E-state index in [1.54, 1.807) is 6.20 Å². The fourth-order valence-electron chi connectivity index (χ4n) is 5.66. The van der Waals surface area contributed by atoms with Crippen LogP contribution in [-0.2, 0) is 16.8 Å². The van der Waals surface area contributed by atoms with Crippen molar-refractivity contribution in [2.45, 2.75) is 57.7 Å². The summed E-state index contributed by atoms with van der Waals surface area (Å²) in [5, 5.41) is 0. The maximum absolute atomic E-state index is 6.31. The Morgan fingerprint density at radius 2 is 1.88 bits per heavy atom. The van der Waals surface area contributed by atoms with Gasteiger partial charge in [-0.3, -0.25) is 9.98 Å². The number of aromatic nitrogens is 1. The molecule has 2 spiro atoms. The van der Waals surface area contributed by atoms with E-state index < -0.39 is 5.66 Å². The summed E-state index contributed by atoms with van der Waals surface area (Å²) in [6.45, 7) is 3.81. The van der Waals surface area contributed by atoms with Crippen LogP contribution in [0.1, 0.15) is 56.2 Å². The van der Waals surface area contributed by atoms with Crippen LogP contribution in [-0.4, -0.2) is 29.7 Å². The number of ether oxygens (including phenoxy) is 1. The molecule has 2 heterocycles. The van der Waals surface area contributed by atoms with Gasteiger partial charge in [-0.05, 0) is 69.2 Å². The average molecular weight is 449 g/mol. The first kappa shape index (κ1) is 22.5. The van der Waals surface area contributed by atoms with Crippen LogP contribution in [0.15, 0.2) is 46.6 Å². The number of benzene rings is 1. The molecule has 166 valence electrons. The maximum atomic E-state index is 6.31. The predicted molar refractivity (Wildman–Crippen MR) is 131 cm³/mol. The summed E-state index contributed by atoms with van der Waals surface area (Å²) in [4.78, 5) is 14.6. The number of nitrogens with two attached hydrogens (primary N) is 1. The number of methoxy groups -OCH3 is 1. The molecule has 1 saturated carbocycles. The van der Waals surface area contributed by atoms with E-state index in [1.807, 2.05) is 27.2 Å². The summed E-state index contributed by atoms with van der Waals surface area (Å²) in [5.41, 5.74) is 12.1. The van der Waals surface area contributed by atoms with Gasteiger partial charge in [0.1, 0.15) is 5.84 Å². The van der Waals surface area contributed by atoms with Crippen molar-refractivity contribution in [3.8, 4) is 23.0 Å². The van der Waals surface area contributed by atoms with E-state index >= 15 is 0 Å². The van der Waals surface area contributed by atoms with Gasteiger partial charge in [0.2, 0.25) is 0 Å². The largest absolute Gasteiger partial charge is 0.382 e. The van der Waals surface area contributed by atoms with Gasteiger partial charge in [-0.15, -0.1) is 18.3 Å². The number of fused-ring (bicyclic) bond motifs is 3. The summed E-state index contributed by atoms with van der Waals surface area (Å²) < 4.78 is 5.66. The first-order chi connectivity index (χ1) is 15.0. The number of pyridine rings is 1. The molecule has 6 heteroatoms. The number of hydrogen-bond donors (Lipinski definition) is 1. The van der Waals surface area contributed by atoms with Crippen LogP contribution < -0.4 is 5.73 Å². The van der Waals surface area contributed by atoms with Crippen molar-refractivity contribution in [2.24, 2.45) is 21.1 Å². The fraction of sp³-hybridized carbons (Fsp3) is 0.423. The highest BCUT2D eigenvalue weighted by atomic mass is 35.5. The second-order valence-corrected chi connectivity index (χ2v) is 8.97. The summed E-state index contributed by atoms with van der Waals surface area (Å²) in [6, 6.07) is 8.78. The Hall–Kier alpha value is -2.68. The SMILES string of the molecule is CC#Cc1cncc(-c2ccc3c(c2)C2(N=C(C)C(N)=N2)C2(CCC(OC)CC2)C3)c1.Cl. The molecule has 2 N–H and O–H groups in total. The third kappa shape index (κ3) is 3.34. The average Bonchev–Trinajstić information content (AvgIpc) is 3.22. The normalized spacial score (nSPS) is 27.9. The number of rotatable bonds is 2. The quantitative estimate of drug-likeness (QED) is 0.679. The monoisotopic (exact) mass is 448 g/mol. The molecule has 2 aliphatic carbocycles. The van der Waals surface area contributed by atoms with Crippen LogP contribution in [0.5, 0.6) is 0 Å². The second kappa shape index (κ2) is 8.35. The molecule has 1 unspecified atom stereocenters. The first-order valence-corrected chi connectivity index (χ1v) is 11.0. The van der Waals surface area contributed by atoms with Gasteiger partial charge < -0.3 is 10.5 Å². The zero-order valence-corrected chi connectivity index (χ0v) is 19.6. The molecule has 0 bridgehead atoms. The fourth-order valence-corrected chi connectivity index (χ4v) is 5.66. The van der Waals surface area contributed by atoms with Crippen molar-refractivity contribution in [1.82, 2.24) is 4.98 Å². The molecule has 0 amide bonds. The minimum absolute atomic E-state index is 0. The van der Waals surface area contributed by atoms with Crippen LogP contribution in [0.3, 0.4) is 0 Å². The number of hydrogen-bond acceptors (Lipinski definition) is 5. The van der Waals surface area contributed by atoms with E-state index in [0.717, 1.165) is 54.5 Å². The standard InChI is InChI=1S/C26H28N4O.ClH/c1-4-5-18-12-21(16-28-15-18)19-6-7-20-14-25(10-8-22(31-3)9-11-25)26(23(20)13-19)29-17(2)24(27)30-26;/h6-7,12-13,15-16,22H,8-11,14H2,1-3H3,(H2,27,30);1H. The third-order valence-corrected chi connectivity index (χ3v) is 7.30.